The van der Waals surface area contributed by atoms with Crippen LogP contribution in [0.2, 0.25) is 0 Å². The minimum atomic E-state index is -0.706. The lowest BCUT2D eigenvalue weighted by atomic mass is 9.83. The van der Waals surface area contributed by atoms with Crippen LogP contribution in [0.15, 0.2) is 48.5 Å². The number of hydrogen-bond acceptors (Lipinski definition) is 4. The van der Waals surface area contributed by atoms with E-state index >= 15 is 0 Å². The van der Waals surface area contributed by atoms with Crippen molar-refractivity contribution in [2.45, 2.75) is 11.8 Å². The van der Waals surface area contributed by atoms with Gasteiger partial charge in [0.2, 0.25) is 0 Å². The van der Waals surface area contributed by atoms with Crippen LogP contribution in [0.1, 0.15) is 17.5 Å². The monoisotopic (exact) mass is 372 g/mol. The molecule has 0 heterocycles. The van der Waals surface area contributed by atoms with E-state index in [9.17, 15) is 18.4 Å². The van der Waals surface area contributed by atoms with Gasteiger partial charge in [-0.1, -0.05) is 24.3 Å². The molecule has 2 atom stereocenters. The molecular weight excluding hydrogens is 354 g/mol. The molecule has 6 heteroatoms. The van der Waals surface area contributed by atoms with Gasteiger partial charge in [0, 0.05) is 10.8 Å². The Morgan fingerprint density at radius 1 is 0.815 bits per heavy atom. The first kappa shape index (κ1) is 17.6. The van der Waals surface area contributed by atoms with Gasteiger partial charge >= 0.3 is 11.9 Å². The van der Waals surface area contributed by atoms with Crippen molar-refractivity contribution in [3.8, 4) is 0 Å². The Labute approximate surface area is 155 Å². The highest BCUT2D eigenvalue weighted by atomic mass is 19.1. The number of methoxy groups -OCH3 is 2. The van der Waals surface area contributed by atoms with E-state index in [4.69, 9.17) is 9.47 Å². The van der Waals surface area contributed by atoms with Crippen molar-refractivity contribution in [1.82, 2.24) is 0 Å². The minimum Gasteiger partial charge on any atom is -0.469 e. The van der Waals surface area contributed by atoms with Crippen molar-refractivity contribution in [3.63, 3.8) is 0 Å². The first-order valence-corrected chi connectivity index (χ1v) is 8.60. The molecule has 2 fully saturated rings. The zero-order valence-electron chi connectivity index (χ0n) is 14.9. The Hall–Kier alpha value is -2.76. The minimum absolute atomic E-state index is 0.382. The molecule has 4 nitrogen and oxygen atoms in total. The summed E-state index contributed by atoms with van der Waals surface area (Å²) in [6.45, 7) is 0. The standard InChI is InChI=1S/C21H18F2O4/c1-26-18(24)16-17(19(25)27-2)21(16)11-20(21,12-3-7-14(22)8-4-12)13-5-9-15(23)10-6-13/h3-10,16-17H,11H2,1-2H3/t16-,17-/m0/s1. The Kier molecular flexibility index (Phi) is 3.84. The van der Waals surface area contributed by atoms with Crippen LogP contribution in [-0.2, 0) is 24.5 Å². The molecule has 0 radical (unpaired) electrons. The van der Waals surface area contributed by atoms with Gasteiger partial charge in [0.25, 0.3) is 0 Å². The van der Waals surface area contributed by atoms with Crippen LogP contribution in [0.3, 0.4) is 0 Å². The predicted molar refractivity (Wildman–Crippen MR) is 91.6 cm³/mol. The van der Waals surface area contributed by atoms with E-state index in [2.05, 4.69) is 0 Å². The Balaban J connectivity index is 1.86. The van der Waals surface area contributed by atoms with Crippen LogP contribution in [0.5, 0.6) is 0 Å². The van der Waals surface area contributed by atoms with Gasteiger partial charge < -0.3 is 9.47 Å². The summed E-state index contributed by atoms with van der Waals surface area (Å²) in [6, 6.07) is 12.0. The molecule has 0 aromatic heterocycles. The van der Waals surface area contributed by atoms with Gasteiger partial charge in [0.05, 0.1) is 26.1 Å². The topological polar surface area (TPSA) is 52.6 Å². The number of halogens is 2. The number of carbonyl (C=O) groups excluding carboxylic acids is 2. The molecule has 2 saturated carbocycles. The fourth-order valence-corrected chi connectivity index (χ4v) is 4.91. The predicted octanol–water partition coefficient (Wildman–Crippen LogP) is 3.23. The average Bonchev–Trinajstić information content (AvgIpc) is 3.56. The van der Waals surface area contributed by atoms with Crippen molar-refractivity contribution in [1.29, 1.82) is 0 Å². The zero-order valence-corrected chi connectivity index (χ0v) is 14.9. The number of ether oxygens (including phenoxy) is 2. The van der Waals surface area contributed by atoms with Crippen LogP contribution >= 0.6 is 0 Å². The summed E-state index contributed by atoms with van der Waals surface area (Å²) >= 11 is 0. The lowest BCUT2D eigenvalue weighted by Gasteiger charge is -2.19. The van der Waals surface area contributed by atoms with Gasteiger partial charge in [-0.25, -0.2) is 8.78 Å². The molecule has 1 spiro atoms. The van der Waals surface area contributed by atoms with Gasteiger partial charge in [-0.2, -0.15) is 0 Å². The highest BCUT2D eigenvalue weighted by molar-refractivity contribution is 5.93. The molecule has 27 heavy (non-hydrogen) atoms. The second-order valence-electron chi connectivity index (χ2n) is 7.14. The fourth-order valence-electron chi connectivity index (χ4n) is 4.91. The summed E-state index contributed by atoms with van der Waals surface area (Å²) in [5.74, 6) is -3.01. The van der Waals surface area contributed by atoms with E-state index < -0.39 is 34.6 Å². The van der Waals surface area contributed by atoms with Crippen LogP contribution < -0.4 is 0 Å². The molecule has 0 aliphatic heterocycles. The van der Waals surface area contributed by atoms with Crippen molar-refractivity contribution in [2.24, 2.45) is 17.3 Å². The number of hydrogen-bond donors (Lipinski definition) is 0. The van der Waals surface area contributed by atoms with E-state index in [0.717, 1.165) is 11.1 Å². The number of benzene rings is 2. The molecule has 140 valence electrons. The van der Waals surface area contributed by atoms with E-state index in [1.165, 1.54) is 38.5 Å². The van der Waals surface area contributed by atoms with Gasteiger partial charge in [-0.15, -0.1) is 0 Å². The molecule has 2 aromatic rings. The van der Waals surface area contributed by atoms with E-state index in [-0.39, 0.29) is 11.6 Å². The van der Waals surface area contributed by atoms with Crippen molar-refractivity contribution in [2.75, 3.05) is 14.2 Å². The number of carbonyl (C=O) groups is 2. The second kappa shape index (κ2) is 5.87. The molecule has 0 bridgehead atoms. The zero-order chi connectivity index (χ0) is 19.4. The molecule has 2 aliphatic carbocycles. The quantitative estimate of drug-likeness (QED) is 0.774. The third-order valence-corrected chi connectivity index (χ3v) is 6.15. The van der Waals surface area contributed by atoms with Crippen molar-refractivity contribution >= 4 is 11.9 Å². The molecule has 0 amide bonds. The maximum Gasteiger partial charge on any atom is 0.310 e. The molecule has 2 aliphatic rings. The van der Waals surface area contributed by atoms with Crippen LogP contribution in [-0.4, -0.2) is 26.2 Å². The third-order valence-electron chi connectivity index (χ3n) is 6.15. The molecular formula is C21H18F2O4. The Bertz CT molecular complexity index is 837. The van der Waals surface area contributed by atoms with Crippen LogP contribution in [0.25, 0.3) is 0 Å². The molecule has 4 rings (SSSR count). The molecule has 2 aromatic carbocycles. The van der Waals surface area contributed by atoms with E-state index in [0.29, 0.717) is 6.42 Å². The first-order valence-electron chi connectivity index (χ1n) is 8.60. The maximum atomic E-state index is 13.5. The molecule has 0 N–H and O–H groups in total. The summed E-state index contributed by atoms with van der Waals surface area (Å²) < 4.78 is 36.8. The summed E-state index contributed by atoms with van der Waals surface area (Å²) in [5.41, 5.74) is 0.140. The molecule has 0 saturated heterocycles. The summed E-state index contributed by atoms with van der Waals surface area (Å²) in [6.07, 6.45) is 0.497. The average molecular weight is 372 g/mol. The summed E-state index contributed by atoms with van der Waals surface area (Å²) in [4.78, 5) is 24.7. The van der Waals surface area contributed by atoms with Crippen molar-refractivity contribution in [3.05, 3.63) is 71.3 Å². The lowest BCUT2D eigenvalue weighted by molar-refractivity contribution is -0.148. The Morgan fingerprint density at radius 2 is 1.19 bits per heavy atom. The van der Waals surface area contributed by atoms with Crippen LogP contribution in [0, 0.1) is 28.9 Å². The molecule has 0 unspecified atom stereocenters. The van der Waals surface area contributed by atoms with Crippen LogP contribution in [0.4, 0.5) is 8.78 Å². The van der Waals surface area contributed by atoms with Crippen molar-refractivity contribution < 1.29 is 27.8 Å². The maximum absolute atomic E-state index is 13.5. The summed E-state index contributed by atoms with van der Waals surface area (Å²) in [7, 11) is 2.56. The van der Waals surface area contributed by atoms with Gasteiger partial charge in [-0.3, -0.25) is 9.59 Å². The largest absolute Gasteiger partial charge is 0.469 e. The second-order valence-corrected chi connectivity index (χ2v) is 7.14. The third kappa shape index (κ3) is 2.25. The highest BCUT2D eigenvalue weighted by Crippen LogP contribution is 2.86. The SMILES string of the molecule is COC(=O)[C@@H]1[C@@H](C(=O)OC)C12CC2(c1ccc(F)cc1)c1ccc(F)cc1. The summed E-state index contributed by atoms with van der Waals surface area (Å²) in [5, 5.41) is 0. The highest BCUT2D eigenvalue weighted by Gasteiger charge is 2.91. The smallest absolute Gasteiger partial charge is 0.310 e. The van der Waals surface area contributed by atoms with Gasteiger partial charge in [0.15, 0.2) is 0 Å². The number of esters is 2. The lowest BCUT2D eigenvalue weighted by Crippen LogP contribution is -2.17. The number of rotatable bonds is 4. The fraction of sp³-hybridized carbons (Fsp3) is 0.333. The van der Waals surface area contributed by atoms with Gasteiger partial charge in [-0.05, 0) is 41.8 Å². The normalized spacial score (nSPS) is 27.1. The van der Waals surface area contributed by atoms with E-state index in [1.54, 1.807) is 24.3 Å². The van der Waals surface area contributed by atoms with Gasteiger partial charge in [0.1, 0.15) is 11.6 Å². The first-order chi connectivity index (χ1) is 12.9. The van der Waals surface area contributed by atoms with E-state index in [1.807, 2.05) is 0 Å². The Morgan fingerprint density at radius 3 is 1.52 bits per heavy atom.